The first kappa shape index (κ1) is 19.2. The Morgan fingerprint density at radius 1 is 1.35 bits per heavy atom. The average molecular weight is 396 g/mol. The van der Waals surface area contributed by atoms with Gasteiger partial charge in [-0.25, -0.2) is 0 Å². The molecule has 1 aliphatic rings. The van der Waals surface area contributed by atoms with Crippen molar-refractivity contribution in [2.45, 2.75) is 18.6 Å². The minimum Gasteiger partial charge on any atom is -0.379 e. The van der Waals surface area contributed by atoms with Crippen molar-refractivity contribution in [2.24, 2.45) is 7.05 Å². The number of hydrogen-bond acceptors (Lipinski definition) is 6. The first-order valence-corrected chi connectivity index (χ1v) is 9.77. The lowest BCUT2D eigenvalue weighted by Crippen LogP contribution is -2.36. The number of aromatic nitrogens is 3. The summed E-state index contributed by atoms with van der Waals surface area (Å²) in [4.78, 5) is 14.5. The van der Waals surface area contributed by atoms with E-state index in [0.717, 1.165) is 55.1 Å². The molecule has 1 saturated heterocycles. The largest absolute Gasteiger partial charge is 0.379 e. The number of halogens is 1. The Hall–Kier alpha value is -1.61. The molecular formula is C17H22ClN5O2S. The van der Waals surface area contributed by atoms with Crippen molar-refractivity contribution in [3.63, 3.8) is 0 Å². The van der Waals surface area contributed by atoms with Crippen molar-refractivity contribution in [1.29, 1.82) is 0 Å². The van der Waals surface area contributed by atoms with Crippen LogP contribution < -0.4 is 5.32 Å². The Labute approximate surface area is 162 Å². The van der Waals surface area contributed by atoms with Gasteiger partial charge in [0, 0.05) is 30.8 Å². The van der Waals surface area contributed by atoms with Crippen molar-refractivity contribution in [2.75, 3.05) is 37.4 Å². The molecular weight excluding hydrogens is 374 g/mol. The number of anilines is 1. The number of ether oxygens (including phenoxy) is 1. The van der Waals surface area contributed by atoms with Crippen molar-refractivity contribution >= 4 is 35.0 Å². The van der Waals surface area contributed by atoms with Crippen LogP contribution in [-0.4, -0.2) is 57.6 Å². The number of carbonyl (C=O) groups excluding carboxylic acids is 1. The number of nitrogens with zero attached hydrogens (tertiary/aromatic N) is 4. The number of nitrogens with one attached hydrogen (secondary N) is 1. The summed E-state index contributed by atoms with van der Waals surface area (Å²) in [6, 6.07) is 5.46. The molecule has 1 fully saturated rings. The van der Waals surface area contributed by atoms with E-state index < -0.39 is 0 Å². The molecule has 0 aliphatic carbocycles. The predicted octanol–water partition coefficient (Wildman–Crippen LogP) is 2.34. The summed E-state index contributed by atoms with van der Waals surface area (Å²) in [6.07, 6.45) is 0. The van der Waals surface area contributed by atoms with Crippen LogP contribution in [0.4, 0.5) is 5.69 Å². The highest BCUT2D eigenvalue weighted by molar-refractivity contribution is 7.99. The smallest absolute Gasteiger partial charge is 0.234 e. The zero-order valence-electron chi connectivity index (χ0n) is 14.9. The fourth-order valence-electron chi connectivity index (χ4n) is 2.63. The predicted molar refractivity (Wildman–Crippen MR) is 103 cm³/mol. The lowest BCUT2D eigenvalue weighted by Gasteiger charge is -2.25. The van der Waals surface area contributed by atoms with Gasteiger partial charge in [0.2, 0.25) is 5.91 Å². The molecule has 1 aromatic carbocycles. The van der Waals surface area contributed by atoms with E-state index in [1.807, 2.05) is 30.7 Å². The molecule has 1 aliphatic heterocycles. The highest BCUT2D eigenvalue weighted by atomic mass is 35.5. The van der Waals surface area contributed by atoms with Crippen LogP contribution in [-0.2, 0) is 23.1 Å². The van der Waals surface area contributed by atoms with Gasteiger partial charge in [-0.15, -0.1) is 10.2 Å². The SMILES string of the molecule is Cc1c(Cl)cccc1NC(=O)CSc1nnc(CN2CCOCC2)n1C. The second-order valence-corrected chi connectivity index (χ2v) is 7.45. The van der Waals surface area contributed by atoms with Gasteiger partial charge in [-0.2, -0.15) is 0 Å². The van der Waals surface area contributed by atoms with Crippen molar-refractivity contribution in [1.82, 2.24) is 19.7 Å². The van der Waals surface area contributed by atoms with Gasteiger partial charge in [-0.3, -0.25) is 9.69 Å². The van der Waals surface area contributed by atoms with E-state index in [9.17, 15) is 4.79 Å². The zero-order chi connectivity index (χ0) is 18.5. The molecule has 1 N–H and O–H groups in total. The van der Waals surface area contributed by atoms with Crippen LogP contribution in [0.25, 0.3) is 0 Å². The Kier molecular flexibility index (Phi) is 6.53. The fraction of sp³-hybridized carbons (Fsp3) is 0.471. The molecule has 3 rings (SSSR count). The summed E-state index contributed by atoms with van der Waals surface area (Å²) in [5, 5.41) is 12.7. The molecule has 26 heavy (non-hydrogen) atoms. The monoisotopic (exact) mass is 395 g/mol. The van der Waals surface area contributed by atoms with Crippen LogP contribution in [0.15, 0.2) is 23.4 Å². The third-order valence-electron chi connectivity index (χ3n) is 4.27. The summed E-state index contributed by atoms with van der Waals surface area (Å²) in [5.41, 5.74) is 1.59. The van der Waals surface area contributed by atoms with E-state index >= 15 is 0 Å². The maximum Gasteiger partial charge on any atom is 0.234 e. The molecule has 2 aromatic rings. The van der Waals surface area contributed by atoms with Crippen LogP contribution in [0.3, 0.4) is 0 Å². The third kappa shape index (κ3) is 4.76. The minimum atomic E-state index is -0.0990. The van der Waals surface area contributed by atoms with Gasteiger partial charge in [-0.05, 0) is 24.6 Å². The Balaban J connectivity index is 1.54. The highest BCUT2D eigenvalue weighted by Crippen LogP contribution is 2.23. The molecule has 0 radical (unpaired) electrons. The zero-order valence-corrected chi connectivity index (χ0v) is 16.4. The Morgan fingerprint density at radius 2 is 2.12 bits per heavy atom. The molecule has 0 bridgehead atoms. The lowest BCUT2D eigenvalue weighted by atomic mass is 10.2. The number of thioether (sulfide) groups is 1. The quantitative estimate of drug-likeness (QED) is 0.757. The molecule has 0 atom stereocenters. The van der Waals surface area contributed by atoms with Crippen molar-refractivity contribution < 1.29 is 9.53 Å². The Morgan fingerprint density at radius 3 is 2.88 bits per heavy atom. The molecule has 140 valence electrons. The molecule has 7 nitrogen and oxygen atoms in total. The maximum absolute atomic E-state index is 12.2. The third-order valence-corrected chi connectivity index (χ3v) is 5.70. The summed E-state index contributed by atoms with van der Waals surface area (Å²) >= 11 is 7.45. The van der Waals surface area contributed by atoms with E-state index in [0.29, 0.717) is 5.02 Å². The van der Waals surface area contributed by atoms with E-state index in [1.54, 1.807) is 6.07 Å². The van der Waals surface area contributed by atoms with Gasteiger partial charge in [0.15, 0.2) is 5.16 Å². The van der Waals surface area contributed by atoms with Gasteiger partial charge >= 0.3 is 0 Å². The van der Waals surface area contributed by atoms with E-state index in [1.165, 1.54) is 11.8 Å². The number of morpholine rings is 1. The number of carbonyl (C=O) groups is 1. The minimum absolute atomic E-state index is 0.0990. The van der Waals surface area contributed by atoms with Crippen LogP contribution in [0, 0.1) is 6.92 Å². The average Bonchev–Trinajstić information content (AvgIpc) is 2.98. The number of benzene rings is 1. The van der Waals surface area contributed by atoms with Crippen LogP contribution in [0.2, 0.25) is 5.02 Å². The van der Waals surface area contributed by atoms with Gasteiger partial charge in [0.05, 0.1) is 25.5 Å². The fourth-order valence-corrected chi connectivity index (χ4v) is 3.53. The number of amides is 1. The second-order valence-electron chi connectivity index (χ2n) is 6.10. The van der Waals surface area contributed by atoms with E-state index in [2.05, 4.69) is 20.4 Å². The maximum atomic E-state index is 12.2. The first-order valence-electron chi connectivity index (χ1n) is 8.40. The van der Waals surface area contributed by atoms with Gasteiger partial charge in [0.25, 0.3) is 0 Å². The van der Waals surface area contributed by atoms with Crippen LogP contribution in [0.1, 0.15) is 11.4 Å². The van der Waals surface area contributed by atoms with Gasteiger partial charge in [0.1, 0.15) is 5.82 Å². The van der Waals surface area contributed by atoms with Crippen molar-refractivity contribution in [3.8, 4) is 0 Å². The second kappa shape index (κ2) is 8.85. The normalized spacial score (nSPS) is 15.2. The number of hydrogen-bond donors (Lipinski definition) is 1. The molecule has 0 saturated carbocycles. The Bertz CT molecular complexity index is 777. The number of rotatable bonds is 6. The lowest BCUT2D eigenvalue weighted by molar-refractivity contribution is -0.113. The first-order chi connectivity index (χ1) is 12.5. The van der Waals surface area contributed by atoms with Crippen LogP contribution >= 0.6 is 23.4 Å². The summed E-state index contributed by atoms with van der Waals surface area (Å²) < 4.78 is 7.30. The molecule has 9 heteroatoms. The summed E-state index contributed by atoms with van der Waals surface area (Å²) in [7, 11) is 1.93. The van der Waals surface area contributed by atoms with Crippen LogP contribution in [0.5, 0.6) is 0 Å². The molecule has 0 spiro atoms. The van der Waals surface area contributed by atoms with Gasteiger partial charge in [-0.1, -0.05) is 29.4 Å². The molecule has 1 amide bonds. The van der Waals surface area contributed by atoms with E-state index in [-0.39, 0.29) is 11.7 Å². The summed E-state index contributed by atoms with van der Waals surface area (Å²) in [6.45, 7) is 5.92. The highest BCUT2D eigenvalue weighted by Gasteiger charge is 2.16. The molecule has 1 aromatic heterocycles. The van der Waals surface area contributed by atoms with E-state index in [4.69, 9.17) is 16.3 Å². The summed E-state index contributed by atoms with van der Waals surface area (Å²) in [5.74, 6) is 1.05. The topological polar surface area (TPSA) is 72.3 Å². The van der Waals surface area contributed by atoms with Crippen molar-refractivity contribution in [3.05, 3.63) is 34.6 Å². The molecule has 2 heterocycles. The van der Waals surface area contributed by atoms with Gasteiger partial charge < -0.3 is 14.6 Å². The molecule has 0 unspecified atom stereocenters. The standard InChI is InChI=1S/C17H22ClN5O2S/c1-12-13(18)4-3-5-14(12)19-16(24)11-26-17-21-20-15(22(17)2)10-23-6-8-25-9-7-23/h3-5H,6-11H2,1-2H3,(H,19,24).